The summed E-state index contributed by atoms with van der Waals surface area (Å²) in [5, 5.41) is 0. The van der Waals surface area contributed by atoms with Gasteiger partial charge in [-0.05, 0) is 42.3 Å². The molecule has 0 aliphatic rings. The van der Waals surface area contributed by atoms with Gasteiger partial charge >= 0.3 is 5.69 Å². The molecule has 1 heterocycles. The van der Waals surface area contributed by atoms with Crippen LogP contribution in [0.4, 0.5) is 0 Å². The first-order valence-electron chi connectivity index (χ1n) is 6.76. The van der Waals surface area contributed by atoms with Crippen molar-refractivity contribution in [3.8, 4) is 5.75 Å². The van der Waals surface area contributed by atoms with E-state index in [1.807, 2.05) is 49.4 Å². The Morgan fingerprint density at radius 1 is 1.05 bits per heavy atom. The fourth-order valence-corrected chi connectivity index (χ4v) is 2.89. The summed E-state index contributed by atoms with van der Waals surface area (Å²) in [5.74, 6) is 0.867. The summed E-state index contributed by atoms with van der Waals surface area (Å²) in [6.45, 7) is 2.63. The van der Waals surface area contributed by atoms with Gasteiger partial charge in [0.25, 0.3) is 0 Å². The van der Waals surface area contributed by atoms with Gasteiger partial charge < -0.3 is 14.7 Å². The predicted molar refractivity (Wildman–Crippen MR) is 87.3 cm³/mol. The lowest BCUT2D eigenvalue weighted by Gasteiger charge is -2.12. The lowest BCUT2D eigenvalue weighted by atomic mass is 10.0. The smallest absolute Gasteiger partial charge is 0.323 e. The average molecular weight is 347 g/mol. The monoisotopic (exact) mass is 346 g/mol. The molecule has 5 heteroatoms. The van der Waals surface area contributed by atoms with Gasteiger partial charge in [0.2, 0.25) is 0 Å². The minimum atomic E-state index is -0.186. The third-order valence-electron chi connectivity index (χ3n) is 3.32. The number of imidazole rings is 1. The Morgan fingerprint density at radius 3 is 2.43 bits per heavy atom. The van der Waals surface area contributed by atoms with Crippen molar-refractivity contribution in [2.75, 3.05) is 6.61 Å². The minimum absolute atomic E-state index is 0.0657. The van der Waals surface area contributed by atoms with Crippen molar-refractivity contribution >= 4 is 27.0 Å². The van der Waals surface area contributed by atoms with Crippen LogP contribution < -0.4 is 10.4 Å². The number of halogens is 1. The van der Waals surface area contributed by atoms with Gasteiger partial charge in [-0.2, -0.15) is 0 Å². The molecule has 0 saturated carbocycles. The zero-order chi connectivity index (χ0) is 14.8. The van der Waals surface area contributed by atoms with Crippen LogP contribution >= 0.6 is 15.9 Å². The molecule has 3 aromatic rings. The molecule has 3 rings (SSSR count). The van der Waals surface area contributed by atoms with Gasteiger partial charge in [-0.1, -0.05) is 34.1 Å². The number of ether oxygens (including phenoxy) is 1. The van der Waals surface area contributed by atoms with Crippen LogP contribution in [0.15, 0.2) is 47.3 Å². The summed E-state index contributed by atoms with van der Waals surface area (Å²) in [7, 11) is 0. The number of fused-ring (bicyclic) bond motifs is 1. The number of hydrogen-bond acceptors (Lipinski definition) is 2. The van der Waals surface area contributed by atoms with Gasteiger partial charge in [0, 0.05) is 0 Å². The van der Waals surface area contributed by atoms with Crippen LogP contribution in [0.1, 0.15) is 22.9 Å². The highest BCUT2D eigenvalue weighted by atomic mass is 79.9. The van der Waals surface area contributed by atoms with Gasteiger partial charge in [-0.15, -0.1) is 0 Å². The molecule has 2 aromatic carbocycles. The van der Waals surface area contributed by atoms with Crippen molar-refractivity contribution < 1.29 is 4.74 Å². The van der Waals surface area contributed by atoms with E-state index in [-0.39, 0.29) is 10.5 Å². The van der Waals surface area contributed by atoms with Crippen LogP contribution in [0.5, 0.6) is 5.75 Å². The van der Waals surface area contributed by atoms with Gasteiger partial charge in [0.15, 0.2) is 0 Å². The molecule has 0 spiro atoms. The average Bonchev–Trinajstić information content (AvgIpc) is 2.86. The quantitative estimate of drug-likeness (QED) is 0.707. The van der Waals surface area contributed by atoms with E-state index in [9.17, 15) is 4.79 Å². The van der Waals surface area contributed by atoms with Gasteiger partial charge in [0.05, 0.1) is 22.5 Å². The topological polar surface area (TPSA) is 57.9 Å². The first-order valence-corrected chi connectivity index (χ1v) is 7.67. The van der Waals surface area contributed by atoms with E-state index in [1.165, 1.54) is 0 Å². The molecule has 0 amide bonds. The second-order valence-corrected chi connectivity index (χ2v) is 5.66. The second-order valence-electron chi connectivity index (χ2n) is 4.75. The summed E-state index contributed by atoms with van der Waals surface area (Å²) < 4.78 is 5.45. The molecule has 4 nitrogen and oxygen atoms in total. The number of aromatic nitrogens is 2. The third-order valence-corrected chi connectivity index (χ3v) is 4.37. The largest absolute Gasteiger partial charge is 0.494 e. The molecule has 0 radical (unpaired) electrons. The van der Waals surface area contributed by atoms with E-state index < -0.39 is 0 Å². The van der Waals surface area contributed by atoms with Crippen molar-refractivity contribution in [1.82, 2.24) is 9.97 Å². The summed E-state index contributed by atoms with van der Waals surface area (Å²) in [6.07, 6.45) is 0. The van der Waals surface area contributed by atoms with Crippen molar-refractivity contribution in [2.24, 2.45) is 0 Å². The Balaban J connectivity index is 1.91. The molecule has 0 fully saturated rings. The van der Waals surface area contributed by atoms with Crippen molar-refractivity contribution in [3.05, 3.63) is 64.1 Å². The Bertz CT molecular complexity index is 805. The fourth-order valence-electron chi connectivity index (χ4n) is 2.30. The van der Waals surface area contributed by atoms with Gasteiger partial charge in [0.1, 0.15) is 5.75 Å². The summed E-state index contributed by atoms with van der Waals surface area (Å²) in [4.78, 5) is 16.9. The molecule has 1 aromatic heterocycles. The Hall–Kier alpha value is -2.01. The van der Waals surface area contributed by atoms with Crippen molar-refractivity contribution in [2.45, 2.75) is 11.8 Å². The summed E-state index contributed by atoms with van der Waals surface area (Å²) in [6, 6.07) is 13.9. The number of alkyl halides is 1. The Morgan fingerprint density at radius 2 is 1.71 bits per heavy atom. The highest BCUT2D eigenvalue weighted by Crippen LogP contribution is 2.32. The lowest BCUT2D eigenvalue weighted by Crippen LogP contribution is -1.99. The minimum Gasteiger partial charge on any atom is -0.494 e. The zero-order valence-electron chi connectivity index (χ0n) is 11.5. The van der Waals surface area contributed by atoms with E-state index in [4.69, 9.17) is 4.74 Å². The standard InChI is InChI=1S/C16H15BrN2O2/c1-2-21-12-6-3-10(4-7-12)15(17)11-5-8-13-14(9-11)19-16(20)18-13/h3-9,15H,2H2,1H3,(H2,18,19,20). The van der Waals surface area contributed by atoms with Crippen LogP contribution in [0.25, 0.3) is 11.0 Å². The third kappa shape index (κ3) is 2.88. The molecular weight excluding hydrogens is 332 g/mol. The Kier molecular flexibility index (Phi) is 3.84. The van der Waals surface area contributed by atoms with Crippen molar-refractivity contribution in [3.63, 3.8) is 0 Å². The molecule has 1 unspecified atom stereocenters. The first kappa shape index (κ1) is 13.9. The van der Waals surface area contributed by atoms with E-state index >= 15 is 0 Å². The van der Waals surface area contributed by atoms with E-state index in [0.717, 1.165) is 27.9 Å². The van der Waals surface area contributed by atoms with Gasteiger partial charge in [-0.3, -0.25) is 0 Å². The SMILES string of the molecule is CCOc1ccc(C(Br)c2ccc3[nH]c(=O)[nH]c3c2)cc1. The molecule has 0 aliphatic heterocycles. The van der Waals surface area contributed by atoms with Crippen molar-refractivity contribution in [1.29, 1.82) is 0 Å². The molecule has 21 heavy (non-hydrogen) atoms. The molecule has 2 N–H and O–H groups in total. The normalized spacial score (nSPS) is 12.5. The number of benzene rings is 2. The Labute approximate surface area is 130 Å². The lowest BCUT2D eigenvalue weighted by molar-refractivity contribution is 0.340. The maximum absolute atomic E-state index is 11.3. The number of rotatable bonds is 4. The predicted octanol–water partition coefficient (Wildman–Crippen LogP) is 3.74. The molecule has 0 bridgehead atoms. The summed E-state index contributed by atoms with van der Waals surface area (Å²) in [5.41, 5.74) is 3.66. The highest BCUT2D eigenvalue weighted by molar-refractivity contribution is 9.09. The summed E-state index contributed by atoms with van der Waals surface area (Å²) >= 11 is 3.71. The molecule has 0 aliphatic carbocycles. The van der Waals surface area contributed by atoms with Crippen LogP contribution in [-0.2, 0) is 0 Å². The van der Waals surface area contributed by atoms with E-state index in [1.54, 1.807) is 0 Å². The highest BCUT2D eigenvalue weighted by Gasteiger charge is 2.11. The molecular formula is C16H15BrN2O2. The van der Waals surface area contributed by atoms with Gasteiger partial charge in [-0.25, -0.2) is 4.79 Å². The van der Waals surface area contributed by atoms with E-state index in [2.05, 4.69) is 25.9 Å². The molecule has 0 saturated heterocycles. The molecule has 1 atom stereocenters. The fraction of sp³-hybridized carbons (Fsp3) is 0.188. The van der Waals surface area contributed by atoms with Crippen LogP contribution in [0.2, 0.25) is 0 Å². The van der Waals surface area contributed by atoms with E-state index in [0.29, 0.717) is 6.61 Å². The maximum Gasteiger partial charge on any atom is 0.323 e. The maximum atomic E-state index is 11.3. The number of hydrogen-bond donors (Lipinski definition) is 2. The van der Waals surface area contributed by atoms with Crippen LogP contribution in [0.3, 0.4) is 0 Å². The second kappa shape index (κ2) is 5.77. The van der Waals surface area contributed by atoms with Crippen LogP contribution in [0, 0.1) is 0 Å². The number of nitrogens with one attached hydrogen (secondary N) is 2. The number of H-pyrrole nitrogens is 2. The number of aromatic amines is 2. The zero-order valence-corrected chi connectivity index (χ0v) is 13.1. The first-order chi connectivity index (χ1) is 10.2. The molecule has 108 valence electrons. The van der Waals surface area contributed by atoms with Crippen LogP contribution in [-0.4, -0.2) is 16.6 Å².